The van der Waals surface area contributed by atoms with Crippen molar-refractivity contribution in [3.8, 4) is 0 Å². The highest BCUT2D eigenvalue weighted by molar-refractivity contribution is 6.05. The Hall–Kier alpha value is -2.25. The molecule has 3 aliphatic heterocycles. The molecule has 0 aromatic heterocycles. The maximum absolute atomic E-state index is 13.2. The topological polar surface area (TPSA) is 90.5 Å². The molecule has 0 radical (unpaired) electrons. The number of benzene rings is 1. The van der Waals surface area contributed by atoms with Crippen molar-refractivity contribution in [2.75, 3.05) is 13.1 Å². The Kier molecular flexibility index (Phi) is 4.67. The van der Waals surface area contributed by atoms with Crippen LogP contribution in [0.1, 0.15) is 60.0 Å². The lowest BCUT2D eigenvalue weighted by atomic mass is 9.80. The molecule has 2 unspecified atom stereocenters. The van der Waals surface area contributed by atoms with E-state index in [9.17, 15) is 14.4 Å². The molecule has 1 aromatic carbocycles. The Morgan fingerprint density at radius 2 is 2.10 bits per heavy atom. The van der Waals surface area contributed by atoms with E-state index < -0.39 is 6.04 Å². The molecule has 7 nitrogen and oxygen atoms in total. The molecule has 1 aromatic rings. The molecule has 29 heavy (non-hydrogen) atoms. The summed E-state index contributed by atoms with van der Waals surface area (Å²) in [5, 5.41) is 9.68. The lowest BCUT2D eigenvalue weighted by Gasteiger charge is -2.33. The van der Waals surface area contributed by atoms with Gasteiger partial charge >= 0.3 is 0 Å². The van der Waals surface area contributed by atoms with E-state index >= 15 is 0 Å². The average Bonchev–Trinajstić information content (AvgIpc) is 3.19. The van der Waals surface area contributed by atoms with Crippen molar-refractivity contribution in [1.82, 2.24) is 20.9 Å². The molecule has 2 saturated heterocycles. The van der Waals surface area contributed by atoms with Crippen LogP contribution < -0.4 is 16.0 Å². The Labute approximate surface area is 170 Å². The SMILES string of the molecule is O=C1CCC(N2Cc3cccc(CNC[C@]45CCCC(CN4)C5)c3C2=O)C(=O)N1. The molecule has 7 heteroatoms. The van der Waals surface area contributed by atoms with Crippen LogP contribution in [0.15, 0.2) is 18.2 Å². The molecule has 3 N–H and O–H groups in total. The Morgan fingerprint density at radius 3 is 2.97 bits per heavy atom. The van der Waals surface area contributed by atoms with Gasteiger partial charge in [0.1, 0.15) is 6.04 Å². The number of piperidine rings is 1. The molecule has 1 aliphatic carbocycles. The van der Waals surface area contributed by atoms with Crippen LogP contribution in [-0.2, 0) is 22.7 Å². The molecule has 1 saturated carbocycles. The lowest BCUT2D eigenvalue weighted by molar-refractivity contribution is -0.136. The number of fused-ring (bicyclic) bond motifs is 3. The number of amides is 3. The van der Waals surface area contributed by atoms with Crippen molar-refractivity contribution in [3.05, 3.63) is 34.9 Å². The molecular weight excluding hydrogens is 368 g/mol. The third kappa shape index (κ3) is 3.36. The summed E-state index contributed by atoms with van der Waals surface area (Å²) in [6, 6.07) is 5.39. The molecule has 154 valence electrons. The monoisotopic (exact) mass is 396 g/mol. The van der Waals surface area contributed by atoms with Gasteiger partial charge in [0.05, 0.1) is 0 Å². The molecular formula is C22H28N4O3. The first-order chi connectivity index (χ1) is 14.0. The van der Waals surface area contributed by atoms with Crippen LogP contribution in [0.25, 0.3) is 0 Å². The molecule has 2 bridgehead atoms. The van der Waals surface area contributed by atoms with Crippen LogP contribution in [0.4, 0.5) is 0 Å². The number of nitrogens with zero attached hydrogens (tertiary/aromatic N) is 1. The summed E-state index contributed by atoms with van der Waals surface area (Å²) in [5.41, 5.74) is 2.89. The minimum absolute atomic E-state index is 0.0956. The van der Waals surface area contributed by atoms with E-state index in [0.717, 1.165) is 35.7 Å². The van der Waals surface area contributed by atoms with Crippen LogP contribution in [0.3, 0.4) is 0 Å². The maximum atomic E-state index is 13.2. The summed E-state index contributed by atoms with van der Waals surface area (Å²) in [4.78, 5) is 38.5. The second kappa shape index (κ2) is 7.22. The maximum Gasteiger partial charge on any atom is 0.255 e. The number of hydrogen-bond acceptors (Lipinski definition) is 5. The van der Waals surface area contributed by atoms with Crippen LogP contribution in [-0.4, -0.2) is 47.3 Å². The van der Waals surface area contributed by atoms with Gasteiger partial charge in [-0.2, -0.15) is 0 Å². The summed E-state index contributed by atoms with van der Waals surface area (Å²) in [5.74, 6) is 0.0995. The van der Waals surface area contributed by atoms with E-state index in [0.29, 0.717) is 19.5 Å². The van der Waals surface area contributed by atoms with Crippen molar-refractivity contribution in [1.29, 1.82) is 0 Å². The van der Waals surface area contributed by atoms with Gasteiger partial charge < -0.3 is 15.5 Å². The number of carbonyl (C=O) groups is 3. The van der Waals surface area contributed by atoms with Gasteiger partial charge in [0.15, 0.2) is 0 Å². The first kappa shape index (κ1) is 18.8. The molecule has 3 amide bonds. The average molecular weight is 396 g/mol. The lowest BCUT2D eigenvalue weighted by Crippen LogP contribution is -2.52. The fraction of sp³-hybridized carbons (Fsp3) is 0.591. The van der Waals surface area contributed by atoms with Crippen molar-refractivity contribution >= 4 is 17.7 Å². The van der Waals surface area contributed by atoms with Gasteiger partial charge in [0.25, 0.3) is 5.91 Å². The van der Waals surface area contributed by atoms with E-state index in [-0.39, 0.29) is 29.7 Å². The molecule has 4 aliphatic rings. The van der Waals surface area contributed by atoms with E-state index in [1.807, 2.05) is 18.2 Å². The Morgan fingerprint density at radius 1 is 1.21 bits per heavy atom. The van der Waals surface area contributed by atoms with E-state index in [1.54, 1.807) is 4.90 Å². The fourth-order valence-electron chi connectivity index (χ4n) is 5.68. The number of imide groups is 1. The van der Waals surface area contributed by atoms with E-state index in [1.165, 1.54) is 25.7 Å². The van der Waals surface area contributed by atoms with Crippen molar-refractivity contribution in [3.63, 3.8) is 0 Å². The molecule has 3 heterocycles. The highest BCUT2D eigenvalue weighted by atomic mass is 16.2. The van der Waals surface area contributed by atoms with Crippen LogP contribution >= 0.6 is 0 Å². The first-order valence-electron chi connectivity index (χ1n) is 10.8. The van der Waals surface area contributed by atoms with E-state index in [2.05, 4.69) is 16.0 Å². The highest BCUT2D eigenvalue weighted by Gasteiger charge is 2.42. The van der Waals surface area contributed by atoms with Gasteiger partial charge in [0, 0.05) is 37.2 Å². The molecule has 3 atom stereocenters. The van der Waals surface area contributed by atoms with E-state index in [4.69, 9.17) is 0 Å². The second-order valence-corrected chi connectivity index (χ2v) is 9.08. The number of rotatable bonds is 5. The predicted molar refractivity (Wildman–Crippen MR) is 107 cm³/mol. The van der Waals surface area contributed by atoms with Crippen LogP contribution in [0.2, 0.25) is 0 Å². The standard InChI is InChI=1S/C22H28N4O3/c27-18-7-6-17(20(28)25-18)26-12-16-5-1-4-15(19(16)21(26)29)11-23-13-22-8-2-3-14(9-22)10-24-22/h1,4-5,14,17,23-24H,2-3,6-13H2,(H,25,27,28)/t14?,17?,22-/m1/s1. The Balaban J connectivity index is 1.27. The van der Waals surface area contributed by atoms with Gasteiger partial charge in [-0.1, -0.05) is 24.6 Å². The smallest absolute Gasteiger partial charge is 0.255 e. The van der Waals surface area contributed by atoms with Crippen molar-refractivity contribution in [2.45, 2.75) is 63.2 Å². The van der Waals surface area contributed by atoms with Gasteiger partial charge in [-0.15, -0.1) is 0 Å². The van der Waals surface area contributed by atoms with Gasteiger partial charge in [0.2, 0.25) is 11.8 Å². The predicted octanol–water partition coefficient (Wildman–Crippen LogP) is 1.07. The zero-order chi connectivity index (χ0) is 20.0. The third-order valence-corrected chi connectivity index (χ3v) is 7.13. The molecule has 3 fully saturated rings. The quantitative estimate of drug-likeness (QED) is 0.648. The largest absolute Gasteiger partial charge is 0.322 e. The normalized spacial score (nSPS) is 31.2. The number of nitrogens with one attached hydrogen (secondary N) is 3. The van der Waals surface area contributed by atoms with Crippen molar-refractivity contribution < 1.29 is 14.4 Å². The zero-order valence-electron chi connectivity index (χ0n) is 16.6. The molecule has 5 rings (SSSR count). The minimum Gasteiger partial charge on any atom is -0.322 e. The highest BCUT2D eigenvalue weighted by Crippen LogP contribution is 2.37. The zero-order valence-corrected chi connectivity index (χ0v) is 16.6. The number of hydrogen-bond donors (Lipinski definition) is 3. The first-order valence-corrected chi connectivity index (χ1v) is 10.8. The van der Waals surface area contributed by atoms with Gasteiger partial charge in [-0.3, -0.25) is 19.7 Å². The fourth-order valence-corrected chi connectivity index (χ4v) is 5.68. The van der Waals surface area contributed by atoms with Gasteiger partial charge in [-0.05, 0) is 49.3 Å². The Bertz CT molecular complexity index is 866. The second-order valence-electron chi connectivity index (χ2n) is 9.08. The minimum atomic E-state index is -0.561. The summed E-state index contributed by atoms with van der Waals surface area (Å²) >= 11 is 0. The van der Waals surface area contributed by atoms with Crippen molar-refractivity contribution in [2.24, 2.45) is 5.92 Å². The van der Waals surface area contributed by atoms with Gasteiger partial charge in [-0.25, -0.2) is 0 Å². The number of carbonyl (C=O) groups excluding carboxylic acids is 3. The van der Waals surface area contributed by atoms with Crippen LogP contribution in [0.5, 0.6) is 0 Å². The summed E-state index contributed by atoms with van der Waals surface area (Å²) in [6.07, 6.45) is 5.76. The third-order valence-electron chi connectivity index (χ3n) is 7.13. The summed E-state index contributed by atoms with van der Waals surface area (Å²) in [6.45, 7) is 3.12. The summed E-state index contributed by atoms with van der Waals surface area (Å²) < 4.78 is 0. The molecule has 0 spiro atoms. The summed E-state index contributed by atoms with van der Waals surface area (Å²) in [7, 11) is 0. The van der Waals surface area contributed by atoms with Crippen LogP contribution in [0, 0.1) is 5.92 Å².